The van der Waals surface area contributed by atoms with Crippen LogP contribution < -0.4 is 21.8 Å². The summed E-state index contributed by atoms with van der Waals surface area (Å²) in [7, 11) is 0. The van der Waals surface area contributed by atoms with Crippen molar-refractivity contribution in [2.45, 2.75) is 19.9 Å². The highest BCUT2D eigenvalue weighted by Crippen LogP contribution is 2.41. The van der Waals surface area contributed by atoms with E-state index >= 15 is 0 Å². The van der Waals surface area contributed by atoms with Gasteiger partial charge in [-0.25, -0.2) is 0 Å². The fraction of sp³-hybridized carbons (Fsp3) is 0.130. The second kappa shape index (κ2) is 6.85. The van der Waals surface area contributed by atoms with Crippen molar-refractivity contribution in [3.63, 3.8) is 0 Å². The minimum atomic E-state index is -0.112. The average Bonchev–Trinajstić information content (AvgIpc) is 2.65. The topological polar surface area (TPSA) is 93.8 Å². The van der Waals surface area contributed by atoms with Crippen LogP contribution in [0.5, 0.6) is 0 Å². The maximum absolute atomic E-state index is 12.9. The number of hydrogen-bond acceptors (Lipinski definition) is 3. The van der Waals surface area contributed by atoms with Gasteiger partial charge >= 0.3 is 0 Å². The molecule has 2 aromatic carbocycles. The van der Waals surface area contributed by atoms with Crippen molar-refractivity contribution in [3.05, 3.63) is 71.6 Å². The molecule has 0 spiro atoms. The molecule has 0 saturated carbocycles. The standard InChI is InChI=1S/C23H21N3O2/c1-13(2)26-23(27)17-6-4-3-5-16(17)22-18-9-7-14(24)11-20(18)28-21-12-15(25)8-10-19(21)22/h3-13,24H,25H2,1-2H3,(H,26,27)/p+1. The van der Waals surface area contributed by atoms with Crippen molar-refractivity contribution < 1.29 is 14.6 Å². The van der Waals surface area contributed by atoms with Gasteiger partial charge in [0.15, 0.2) is 5.36 Å². The summed E-state index contributed by atoms with van der Waals surface area (Å²) in [6.07, 6.45) is 0. The Hall–Kier alpha value is -3.60. The summed E-state index contributed by atoms with van der Waals surface area (Å²) in [6.45, 7) is 3.89. The molecule has 2 aliphatic rings. The van der Waals surface area contributed by atoms with E-state index in [-0.39, 0.29) is 11.9 Å². The summed E-state index contributed by atoms with van der Waals surface area (Å²) in [5.74, 6) is 0.533. The van der Waals surface area contributed by atoms with Gasteiger partial charge in [-0.05, 0) is 43.7 Å². The third kappa shape index (κ3) is 3.11. The molecule has 0 saturated heterocycles. The van der Waals surface area contributed by atoms with Crippen LogP contribution in [0.25, 0.3) is 33.4 Å². The highest BCUT2D eigenvalue weighted by atomic mass is 16.3. The van der Waals surface area contributed by atoms with Crippen molar-refractivity contribution in [1.82, 2.24) is 5.32 Å². The van der Waals surface area contributed by atoms with Crippen molar-refractivity contribution >= 4 is 22.6 Å². The molecule has 5 N–H and O–H groups in total. The van der Waals surface area contributed by atoms with Gasteiger partial charge in [-0.15, -0.1) is 0 Å². The van der Waals surface area contributed by atoms with Gasteiger partial charge in [-0.3, -0.25) is 10.2 Å². The molecule has 2 aromatic rings. The molecule has 0 bridgehead atoms. The first-order valence-corrected chi connectivity index (χ1v) is 9.19. The number of benzene rings is 3. The van der Waals surface area contributed by atoms with Gasteiger partial charge in [-0.1, -0.05) is 18.2 Å². The zero-order chi connectivity index (χ0) is 19.8. The summed E-state index contributed by atoms with van der Waals surface area (Å²) in [6, 6.07) is 18.7. The molecule has 140 valence electrons. The number of nitrogens with two attached hydrogens (primary N) is 2. The molecule has 1 aliphatic heterocycles. The van der Waals surface area contributed by atoms with Crippen molar-refractivity contribution in [2.24, 2.45) is 0 Å². The lowest BCUT2D eigenvalue weighted by Gasteiger charge is -2.18. The van der Waals surface area contributed by atoms with Gasteiger partial charge in [0.05, 0.1) is 6.07 Å². The van der Waals surface area contributed by atoms with Gasteiger partial charge < -0.3 is 15.5 Å². The summed E-state index contributed by atoms with van der Waals surface area (Å²) in [5.41, 5.74) is 10.5. The van der Waals surface area contributed by atoms with Crippen LogP contribution in [0, 0.1) is 0 Å². The number of anilines is 1. The Morgan fingerprint density at radius 1 is 1.04 bits per heavy atom. The minimum absolute atomic E-state index is 0.0411. The number of fused-ring (bicyclic) bond motifs is 2. The maximum atomic E-state index is 12.9. The summed E-state index contributed by atoms with van der Waals surface area (Å²) in [4.78, 5) is 12.9. The lowest BCUT2D eigenvalue weighted by Crippen LogP contribution is -2.44. The first kappa shape index (κ1) is 17.8. The number of hydrogen-bond donors (Lipinski definition) is 3. The molecular weight excluding hydrogens is 350 g/mol. The fourth-order valence-corrected chi connectivity index (χ4v) is 3.45. The molecule has 1 aliphatic carbocycles. The lowest BCUT2D eigenvalue weighted by molar-refractivity contribution is -0.172. The van der Waals surface area contributed by atoms with E-state index in [4.69, 9.17) is 15.6 Å². The lowest BCUT2D eigenvalue weighted by atomic mass is 9.90. The van der Waals surface area contributed by atoms with Gasteiger partial charge in [0.25, 0.3) is 5.91 Å². The molecule has 0 fully saturated rings. The normalized spacial score (nSPS) is 11.2. The van der Waals surface area contributed by atoms with E-state index < -0.39 is 0 Å². The van der Waals surface area contributed by atoms with E-state index in [1.807, 2.05) is 62.4 Å². The Balaban J connectivity index is 2.09. The molecule has 0 atom stereocenters. The highest BCUT2D eigenvalue weighted by Gasteiger charge is 2.21. The Kier molecular flexibility index (Phi) is 4.35. The molecule has 0 unspecified atom stereocenters. The summed E-state index contributed by atoms with van der Waals surface area (Å²) < 4.78 is 6.07. The third-order valence-corrected chi connectivity index (χ3v) is 4.63. The van der Waals surface area contributed by atoms with Crippen LogP contribution in [0.1, 0.15) is 24.2 Å². The molecule has 0 radical (unpaired) electrons. The molecule has 0 aromatic heterocycles. The zero-order valence-electron chi connectivity index (χ0n) is 15.8. The maximum Gasteiger partial charge on any atom is 0.252 e. The van der Waals surface area contributed by atoms with Crippen LogP contribution in [0.15, 0.2) is 65.1 Å². The quantitative estimate of drug-likeness (QED) is 0.381. The molecular formula is C23H22N3O2+. The van der Waals surface area contributed by atoms with Crippen LogP contribution in [-0.2, 0) is 0 Å². The SMILES string of the molecule is CC(C)NC(=O)c1ccccc1-c1c2ccc(=[NH2+])cc-2oc2cc(N)ccc12. The van der Waals surface area contributed by atoms with E-state index in [0.717, 1.165) is 22.1 Å². The number of carbonyl (C=O) groups is 1. The van der Waals surface area contributed by atoms with Gasteiger partial charge in [0, 0.05) is 45.9 Å². The van der Waals surface area contributed by atoms with Crippen LogP contribution in [-0.4, -0.2) is 11.9 Å². The highest BCUT2D eigenvalue weighted by molar-refractivity contribution is 6.09. The number of carbonyl (C=O) groups excluding carboxylic acids is 1. The second-order valence-corrected chi connectivity index (χ2v) is 7.16. The monoisotopic (exact) mass is 372 g/mol. The largest absolute Gasteiger partial charge is 0.456 e. The predicted molar refractivity (Wildman–Crippen MR) is 110 cm³/mol. The molecule has 1 heterocycles. The number of amides is 1. The van der Waals surface area contributed by atoms with E-state index in [1.165, 1.54) is 0 Å². The Morgan fingerprint density at radius 2 is 1.82 bits per heavy atom. The van der Waals surface area contributed by atoms with Gasteiger partial charge in [-0.2, -0.15) is 0 Å². The number of rotatable bonds is 3. The number of nitrogens with one attached hydrogen (secondary N) is 1. The molecule has 5 heteroatoms. The first-order valence-electron chi connectivity index (χ1n) is 9.19. The van der Waals surface area contributed by atoms with Crippen LogP contribution >= 0.6 is 0 Å². The summed E-state index contributed by atoms with van der Waals surface area (Å²) in [5, 5.41) is 10.4. The van der Waals surface area contributed by atoms with Crippen LogP contribution in [0.4, 0.5) is 5.69 Å². The van der Waals surface area contributed by atoms with E-state index in [1.54, 1.807) is 12.1 Å². The fourth-order valence-electron chi connectivity index (χ4n) is 3.45. The molecule has 4 rings (SSSR count). The zero-order valence-corrected chi connectivity index (χ0v) is 15.8. The third-order valence-electron chi connectivity index (χ3n) is 4.63. The van der Waals surface area contributed by atoms with Crippen LogP contribution in [0.2, 0.25) is 0 Å². The Bertz CT molecular complexity index is 1220. The molecule has 1 amide bonds. The van der Waals surface area contributed by atoms with E-state index in [0.29, 0.717) is 28.0 Å². The second-order valence-electron chi connectivity index (χ2n) is 7.16. The van der Waals surface area contributed by atoms with Crippen molar-refractivity contribution in [1.29, 1.82) is 0 Å². The Morgan fingerprint density at radius 3 is 2.61 bits per heavy atom. The van der Waals surface area contributed by atoms with Gasteiger partial charge in [0.2, 0.25) is 0 Å². The van der Waals surface area contributed by atoms with Crippen LogP contribution in [0.3, 0.4) is 0 Å². The smallest absolute Gasteiger partial charge is 0.252 e. The van der Waals surface area contributed by atoms with E-state index in [2.05, 4.69) is 5.32 Å². The van der Waals surface area contributed by atoms with Crippen molar-refractivity contribution in [2.75, 3.05) is 5.73 Å². The molecule has 5 nitrogen and oxygen atoms in total. The van der Waals surface area contributed by atoms with Gasteiger partial charge in [0.1, 0.15) is 11.3 Å². The summed E-state index contributed by atoms with van der Waals surface area (Å²) >= 11 is 0. The molecule has 28 heavy (non-hydrogen) atoms. The van der Waals surface area contributed by atoms with E-state index in [9.17, 15) is 4.79 Å². The van der Waals surface area contributed by atoms with Crippen molar-refractivity contribution in [3.8, 4) is 22.5 Å². The Labute approximate surface area is 162 Å². The minimum Gasteiger partial charge on any atom is -0.456 e. The predicted octanol–water partition coefficient (Wildman–Crippen LogP) is 2.58. The number of nitrogen functional groups attached to an aromatic ring is 1. The first-order chi connectivity index (χ1) is 13.4. The average molecular weight is 372 g/mol.